The zero-order valence-corrected chi connectivity index (χ0v) is 12.9. The van der Waals surface area contributed by atoms with E-state index in [1.54, 1.807) is 18.2 Å². The van der Waals surface area contributed by atoms with Gasteiger partial charge in [0.15, 0.2) is 0 Å². The molecule has 6 nitrogen and oxygen atoms in total. The number of nitrogens with two attached hydrogens (primary N) is 1. The van der Waals surface area contributed by atoms with Crippen LogP contribution in [0.1, 0.15) is 11.1 Å². The first-order valence-electron chi connectivity index (χ1n) is 7.53. The standard InChI is InChI=1S/C18H18N2O4/c19-15(18(21)22)9-13-10-20(23)17-14(13)7-4-8-16(17)24-11-12-5-2-1-3-6-12/h1-8,10,15,23H,9,11,19H2,(H,21,22). The van der Waals surface area contributed by atoms with E-state index in [1.165, 1.54) is 6.20 Å². The third-order valence-electron chi connectivity index (χ3n) is 3.85. The van der Waals surface area contributed by atoms with Crippen molar-refractivity contribution < 1.29 is 19.8 Å². The molecule has 0 aliphatic carbocycles. The van der Waals surface area contributed by atoms with E-state index in [2.05, 4.69) is 0 Å². The quantitative estimate of drug-likeness (QED) is 0.604. The zero-order chi connectivity index (χ0) is 17.1. The first-order chi connectivity index (χ1) is 11.6. The van der Waals surface area contributed by atoms with Gasteiger partial charge >= 0.3 is 5.97 Å². The van der Waals surface area contributed by atoms with E-state index in [-0.39, 0.29) is 6.42 Å². The minimum atomic E-state index is -1.08. The van der Waals surface area contributed by atoms with Crippen LogP contribution in [0, 0.1) is 0 Å². The molecule has 2 aromatic carbocycles. The highest BCUT2D eigenvalue weighted by atomic mass is 16.5. The van der Waals surface area contributed by atoms with Crippen LogP contribution in [0.3, 0.4) is 0 Å². The van der Waals surface area contributed by atoms with Gasteiger partial charge in [0.05, 0.1) is 0 Å². The third kappa shape index (κ3) is 3.18. The molecule has 6 heteroatoms. The van der Waals surface area contributed by atoms with Gasteiger partial charge in [-0.2, -0.15) is 4.73 Å². The highest BCUT2D eigenvalue weighted by Crippen LogP contribution is 2.30. The summed E-state index contributed by atoms with van der Waals surface area (Å²) >= 11 is 0. The van der Waals surface area contributed by atoms with Crippen LogP contribution in [0.15, 0.2) is 54.7 Å². The summed E-state index contributed by atoms with van der Waals surface area (Å²) < 4.78 is 6.78. The lowest BCUT2D eigenvalue weighted by molar-refractivity contribution is -0.138. The lowest BCUT2D eigenvalue weighted by Gasteiger charge is -2.09. The number of para-hydroxylation sites is 1. The first kappa shape index (κ1) is 15.9. The summed E-state index contributed by atoms with van der Waals surface area (Å²) in [5.74, 6) is -0.556. The smallest absolute Gasteiger partial charge is 0.320 e. The number of aliphatic carboxylic acids is 1. The summed E-state index contributed by atoms with van der Waals surface area (Å²) in [5, 5.41) is 19.9. The minimum Gasteiger partial charge on any atom is -0.487 e. The minimum absolute atomic E-state index is 0.127. The second-order valence-electron chi connectivity index (χ2n) is 5.57. The topological polar surface area (TPSA) is 97.7 Å². The average molecular weight is 326 g/mol. The number of carbonyl (C=O) groups is 1. The number of ether oxygens (including phenoxy) is 1. The predicted molar refractivity (Wildman–Crippen MR) is 89.2 cm³/mol. The molecule has 3 rings (SSSR count). The molecule has 1 unspecified atom stereocenters. The fraction of sp³-hybridized carbons (Fsp3) is 0.167. The molecular weight excluding hydrogens is 308 g/mol. The maximum atomic E-state index is 11.0. The number of benzene rings is 2. The van der Waals surface area contributed by atoms with Gasteiger partial charge < -0.3 is 20.8 Å². The van der Waals surface area contributed by atoms with E-state index >= 15 is 0 Å². The Balaban J connectivity index is 1.90. The molecule has 0 spiro atoms. The summed E-state index contributed by atoms with van der Waals surface area (Å²) in [7, 11) is 0. The third-order valence-corrected chi connectivity index (χ3v) is 3.85. The van der Waals surface area contributed by atoms with Crippen molar-refractivity contribution in [2.24, 2.45) is 5.73 Å². The van der Waals surface area contributed by atoms with E-state index in [4.69, 9.17) is 15.6 Å². The van der Waals surface area contributed by atoms with E-state index < -0.39 is 12.0 Å². The summed E-state index contributed by atoms with van der Waals surface area (Å²) in [6.07, 6.45) is 1.60. The molecule has 0 saturated heterocycles. The Morgan fingerprint density at radius 3 is 2.62 bits per heavy atom. The van der Waals surface area contributed by atoms with Gasteiger partial charge in [0, 0.05) is 18.0 Å². The van der Waals surface area contributed by atoms with Gasteiger partial charge in [-0.05, 0) is 17.2 Å². The Hall–Kier alpha value is -2.99. The number of fused-ring (bicyclic) bond motifs is 1. The number of hydrogen-bond acceptors (Lipinski definition) is 4. The molecule has 0 saturated carbocycles. The van der Waals surface area contributed by atoms with E-state index in [9.17, 15) is 10.0 Å². The van der Waals surface area contributed by atoms with Crippen LogP contribution < -0.4 is 10.5 Å². The molecule has 0 radical (unpaired) electrons. The van der Waals surface area contributed by atoms with Crippen molar-refractivity contribution in [2.75, 3.05) is 0 Å². The average Bonchev–Trinajstić information content (AvgIpc) is 2.90. The molecule has 1 atom stereocenters. The van der Waals surface area contributed by atoms with Gasteiger partial charge in [-0.25, -0.2) is 0 Å². The Kier molecular flexibility index (Phi) is 4.39. The van der Waals surface area contributed by atoms with Gasteiger partial charge in [0.2, 0.25) is 0 Å². The molecule has 0 fully saturated rings. The summed E-state index contributed by atoms with van der Waals surface area (Å²) in [5.41, 5.74) is 7.77. The van der Waals surface area contributed by atoms with Gasteiger partial charge in [-0.15, -0.1) is 0 Å². The molecular formula is C18H18N2O4. The van der Waals surface area contributed by atoms with Crippen molar-refractivity contribution in [3.8, 4) is 5.75 Å². The van der Waals surface area contributed by atoms with Crippen LogP contribution in [0.4, 0.5) is 0 Å². The Morgan fingerprint density at radius 1 is 1.17 bits per heavy atom. The highest BCUT2D eigenvalue weighted by Gasteiger charge is 2.18. The van der Waals surface area contributed by atoms with Crippen molar-refractivity contribution in [3.63, 3.8) is 0 Å². The van der Waals surface area contributed by atoms with Crippen LogP contribution in [-0.4, -0.2) is 27.1 Å². The van der Waals surface area contributed by atoms with Crippen molar-refractivity contribution >= 4 is 16.9 Å². The summed E-state index contributed by atoms with van der Waals surface area (Å²) in [6, 6.07) is 14.0. The molecule has 0 bridgehead atoms. The van der Waals surface area contributed by atoms with Crippen LogP contribution >= 0.6 is 0 Å². The van der Waals surface area contributed by atoms with Crippen LogP contribution in [0.2, 0.25) is 0 Å². The predicted octanol–water partition coefficient (Wildman–Crippen LogP) is 2.41. The molecule has 124 valence electrons. The zero-order valence-electron chi connectivity index (χ0n) is 12.9. The lowest BCUT2D eigenvalue weighted by Crippen LogP contribution is -2.32. The molecule has 0 aliphatic heterocycles. The second-order valence-corrected chi connectivity index (χ2v) is 5.57. The Morgan fingerprint density at radius 2 is 1.92 bits per heavy atom. The van der Waals surface area contributed by atoms with Crippen LogP contribution in [0.25, 0.3) is 10.9 Å². The maximum Gasteiger partial charge on any atom is 0.320 e. The fourth-order valence-corrected chi connectivity index (χ4v) is 2.64. The number of rotatable bonds is 6. The monoisotopic (exact) mass is 326 g/mol. The number of hydrogen-bond donors (Lipinski definition) is 3. The van der Waals surface area contributed by atoms with Gasteiger partial charge in [-0.3, -0.25) is 4.79 Å². The molecule has 0 aliphatic rings. The molecule has 0 amide bonds. The normalized spacial score (nSPS) is 12.2. The second kappa shape index (κ2) is 6.64. The van der Waals surface area contributed by atoms with Gasteiger partial charge in [0.25, 0.3) is 0 Å². The molecule has 1 heterocycles. The van der Waals surface area contributed by atoms with Gasteiger partial charge in [-0.1, -0.05) is 42.5 Å². The number of nitrogens with zero attached hydrogens (tertiary/aromatic N) is 1. The first-order valence-corrected chi connectivity index (χ1v) is 7.53. The molecule has 24 heavy (non-hydrogen) atoms. The molecule has 1 aromatic heterocycles. The van der Waals surface area contributed by atoms with Crippen LogP contribution in [0.5, 0.6) is 5.75 Å². The summed E-state index contributed by atoms with van der Waals surface area (Å²) in [6.45, 7) is 0.370. The maximum absolute atomic E-state index is 11.0. The van der Waals surface area contributed by atoms with Crippen molar-refractivity contribution in [3.05, 3.63) is 65.9 Å². The molecule has 3 aromatic rings. The molecule has 4 N–H and O–H groups in total. The van der Waals surface area contributed by atoms with Crippen molar-refractivity contribution in [1.29, 1.82) is 0 Å². The number of carboxylic acids is 1. The van der Waals surface area contributed by atoms with E-state index in [0.717, 1.165) is 15.7 Å². The number of aromatic nitrogens is 1. The SMILES string of the molecule is NC(Cc1cn(O)c2c(OCc3ccccc3)cccc12)C(=O)O. The summed E-state index contributed by atoms with van der Waals surface area (Å²) in [4.78, 5) is 11.0. The highest BCUT2D eigenvalue weighted by molar-refractivity contribution is 5.89. The Labute approximate surface area is 138 Å². The van der Waals surface area contributed by atoms with E-state index in [0.29, 0.717) is 23.4 Å². The lowest BCUT2D eigenvalue weighted by atomic mass is 10.1. The van der Waals surface area contributed by atoms with Crippen LogP contribution in [-0.2, 0) is 17.8 Å². The van der Waals surface area contributed by atoms with E-state index in [1.807, 2.05) is 30.3 Å². The largest absolute Gasteiger partial charge is 0.487 e. The van der Waals surface area contributed by atoms with Crippen molar-refractivity contribution in [2.45, 2.75) is 19.1 Å². The fourth-order valence-electron chi connectivity index (χ4n) is 2.64. The van der Waals surface area contributed by atoms with Crippen molar-refractivity contribution in [1.82, 2.24) is 4.73 Å². The van der Waals surface area contributed by atoms with Gasteiger partial charge in [0.1, 0.15) is 23.9 Å². The Bertz CT molecular complexity index is 858. The number of carboxylic acid groups (broad SMARTS) is 1.